The molecule has 0 radical (unpaired) electrons. The molecule has 16 heavy (non-hydrogen) atoms. The number of anilines is 1. The number of halogens is 2. The molecule has 0 bridgehead atoms. The molecule has 0 unspecified atom stereocenters. The highest BCUT2D eigenvalue weighted by Crippen LogP contribution is 2.35. The lowest BCUT2D eigenvalue weighted by atomic mass is 10.1. The molecule has 3 nitrogen and oxygen atoms in total. The Morgan fingerprint density at radius 2 is 1.94 bits per heavy atom. The largest absolute Gasteiger partial charge is 0.383 e. The summed E-state index contributed by atoms with van der Waals surface area (Å²) in [6.07, 6.45) is 1.65. The van der Waals surface area contributed by atoms with E-state index in [4.69, 9.17) is 28.9 Å². The van der Waals surface area contributed by atoms with E-state index in [2.05, 4.69) is 9.97 Å². The lowest BCUT2D eigenvalue weighted by Gasteiger charge is -2.08. The summed E-state index contributed by atoms with van der Waals surface area (Å²) >= 11 is 12.0. The van der Waals surface area contributed by atoms with E-state index in [-0.39, 0.29) is 0 Å². The van der Waals surface area contributed by atoms with Crippen molar-refractivity contribution in [3.8, 4) is 11.1 Å². The lowest BCUT2D eigenvalue weighted by Crippen LogP contribution is -1.98. The second kappa shape index (κ2) is 4.28. The second-order valence-electron chi connectivity index (χ2n) is 3.32. The molecular formula is C11H9Cl2N3. The maximum absolute atomic E-state index is 6.10. The van der Waals surface area contributed by atoms with Gasteiger partial charge in [0.1, 0.15) is 11.6 Å². The van der Waals surface area contributed by atoms with Crippen molar-refractivity contribution in [3.05, 3.63) is 40.3 Å². The zero-order valence-electron chi connectivity index (χ0n) is 8.54. The van der Waals surface area contributed by atoms with Crippen LogP contribution < -0.4 is 5.73 Å². The summed E-state index contributed by atoms with van der Waals surface area (Å²) < 4.78 is 0. The molecule has 0 atom stereocenters. The summed E-state index contributed by atoms with van der Waals surface area (Å²) in [6.45, 7) is 1.78. The quantitative estimate of drug-likeness (QED) is 0.849. The van der Waals surface area contributed by atoms with Crippen molar-refractivity contribution in [1.82, 2.24) is 9.97 Å². The van der Waals surface area contributed by atoms with E-state index in [1.165, 1.54) is 0 Å². The first-order chi connectivity index (χ1) is 7.59. The van der Waals surface area contributed by atoms with Gasteiger partial charge in [0, 0.05) is 17.3 Å². The van der Waals surface area contributed by atoms with Crippen LogP contribution in [0.1, 0.15) is 5.82 Å². The Morgan fingerprint density at radius 1 is 1.19 bits per heavy atom. The highest BCUT2D eigenvalue weighted by molar-refractivity contribution is 6.43. The standard InChI is InChI=1S/C11H9Cl2N3/c1-6-15-5-8(11(14)16-6)7-3-2-4-9(12)10(7)13/h2-5H,1H3,(H2,14,15,16). The van der Waals surface area contributed by atoms with Crippen LogP contribution in [0.2, 0.25) is 10.0 Å². The van der Waals surface area contributed by atoms with Crippen LogP contribution in [0.15, 0.2) is 24.4 Å². The van der Waals surface area contributed by atoms with Crippen LogP contribution in [0.4, 0.5) is 5.82 Å². The molecule has 2 N–H and O–H groups in total. The summed E-state index contributed by atoms with van der Waals surface area (Å²) in [5.41, 5.74) is 7.25. The third-order valence-corrected chi connectivity index (χ3v) is 3.00. The van der Waals surface area contributed by atoms with Crippen LogP contribution in [-0.2, 0) is 0 Å². The van der Waals surface area contributed by atoms with E-state index in [9.17, 15) is 0 Å². The number of aryl methyl sites for hydroxylation is 1. The van der Waals surface area contributed by atoms with Crippen molar-refractivity contribution in [2.24, 2.45) is 0 Å². The van der Waals surface area contributed by atoms with Crippen molar-refractivity contribution in [2.75, 3.05) is 5.73 Å². The smallest absolute Gasteiger partial charge is 0.135 e. The van der Waals surface area contributed by atoms with Gasteiger partial charge >= 0.3 is 0 Å². The fraction of sp³-hybridized carbons (Fsp3) is 0.0909. The van der Waals surface area contributed by atoms with Gasteiger partial charge in [-0.2, -0.15) is 0 Å². The van der Waals surface area contributed by atoms with E-state index in [1.807, 2.05) is 12.1 Å². The minimum Gasteiger partial charge on any atom is -0.383 e. The highest BCUT2D eigenvalue weighted by Gasteiger charge is 2.10. The first-order valence-corrected chi connectivity index (χ1v) is 5.38. The van der Waals surface area contributed by atoms with Gasteiger partial charge in [-0.25, -0.2) is 9.97 Å². The number of rotatable bonds is 1. The molecule has 1 aromatic carbocycles. The van der Waals surface area contributed by atoms with Crippen LogP contribution in [0, 0.1) is 6.92 Å². The zero-order chi connectivity index (χ0) is 11.7. The SMILES string of the molecule is Cc1ncc(-c2cccc(Cl)c2Cl)c(N)n1. The lowest BCUT2D eigenvalue weighted by molar-refractivity contribution is 1.06. The van der Waals surface area contributed by atoms with Gasteiger partial charge in [-0.15, -0.1) is 0 Å². The van der Waals surface area contributed by atoms with Gasteiger partial charge in [0.2, 0.25) is 0 Å². The zero-order valence-corrected chi connectivity index (χ0v) is 10.0. The van der Waals surface area contributed by atoms with Gasteiger partial charge in [-0.05, 0) is 13.0 Å². The maximum atomic E-state index is 6.10. The molecule has 1 aromatic heterocycles. The van der Waals surface area contributed by atoms with Gasteiger partial charge in [0.25, 0.3) is 0 Å². The van der Waals surface area contributed by atoms with Crippen molar-refractivity contribution < 1.29 is 0 Å². The fourth-order valence-electron chi connectivity index (χ4n) is 1.41. The first-order valence-electron chi connectivity index (χ1n) is 4.63. The molecule has 1 heterocycles. The van der Waals surface area contributed by atoms with Gasteiger partial charge in [-0.3, -0.25) is 0 Å². The van der Waals surface area contributed by atoms with E-state index < -0.39 is 0 Å². The van der Waals surface area contributed by atoms with E-state index in [0.717, 1.165) is 5.56 Å². The van der Waals surface area contributed by atoms with Gasteiger partial charge < -0.3 is 5.73 Å². The predicted molar refractivity (Wildman–Crippen MR) is 66.6 cm³/mol. The fourth-order valence-corrected chi connectivity index (χ4v) is 1.81. The van der Waals surface area contributed by atoms with Gasteiger partial charge in [-0.1, -0.05) is 35.3 Å². The average molecular weight is 254 g/mol. The Balaban J connectivity index is 2.63. The number of hydrogen-bond donors (Lipinski definition) is 1. The molecule has 0 fully saturated rings. The molecule has 0 aliphatic heterocycles. The molecule has 2 aromatic rings. The van der Waals surface area contributed by atoms with E-state index >= 15 is 0 Å². The highest BCUT2D eigenvalue weighted by atomic mass is 35.5. The number of benzene rings is 1. The summed E-state index contributed by atoms with van der Waals surface area (Å²) in [5, 5.41) is 0.947. The molecule has 0 aliphatic rings. The van der Waals surface area contributed by atoms with Crippen molar-refractivity contribution in [3.63, 3.8) is 0 Å². The van der Waals surface area contributed by atoms with Crippen molar-refractivity contribution >= 4 is 29.0 Å². The number of nitrogens with zero attached hydrogens (tertiary/aromatic N) is 2. The Labute approximate surface area is 103 Å². The van der Waals surface area contributed by atoms with Crippen LogP contribution >= 0.6 is 23.2 Å². The molecule has 2 rings (SSSR count). The number of nitrogens with two attached hydrogens (primary N) is 1. The molecule has 82 valence electrons. The van der Waals surface area contributed by atoms with E-state index in [1.54, 1.807) is 19.2 Å². The van der Waals surface area contributed by atoms with Gasteiger partial charge in [0.05, 0.1) is 10.0 Å². The molecule has 0 saturated heterocycles. The maximum Gasteiger partial charge on any atom is 0.135 e. The Kier molecular flexibility index (Phi) is 2.99. The first kappa shape index (κ1) is 11.2. The molecule has 0 aliphatic carbocycles. The predicted octanol–water partition coefficient (Wildman–Crippen LogP) is 3.34. The van der Waals surface area contributed by atoms with Crippen LogP contribution in [-0.4, -0.2) is 9.97 Å². The van der Waals surface area contributed by atoms with Crippen molar-refractivity contribution in [1.29, 1.82) is 0 Å². The normalized spacial score (nSPS) is 10.4. The average Bonchev–Trinajstić information content (AvgIpc) is 2.23. The third-order valence-electron chi connectivity index (χ3n) is 2.18. The Bertz CT molecular complexity index is 541. The monoisotopic (exact) mass is 253 g/mol. The third kappa shape index (κ3) is 1.96. The Hall–Kier alpha value is -1.32. The molecular weight excluding hydrogens is 245 g/mol. The van der Waals surface area contributed by atoms with Crippen molar-refractivity contribution in [2.45, 2.75) is 6.92 Å². The summed E-state index contributed by atoms with van der Waals surface area (Å²) in [4.78, 5) is 8.18. The van der Waals surface area contributed by atoms with Crippen LogP contribution in [0.5, 0.6) is 0 Å². The van der Waals surface area contributed by atoms with Gasteiger partial charge in [0.15, 0.2) is 0 Å². The number of aromatic nitrogens is 2. The molecule has 0 saturated carbocycles. The molecule has 5 heteroatoms. The molecule has 0 amide bonds. The minimum atomic E-state index is 0.400. The number of nitrogen functional groups attached to an aromatic ring is 1. The van der Waals surface area contributed by atoms with E-state index in [0.29, 0.717) is 27.3 Å². The summed E-state index contributed by atoms with van der Waals surface area (Å²) in [6, 6.07) is 5.36. The minimum absolute atomic E-state index is 0.400. The topological polar surface area (TPSA) is 51.8 Å². The van der Waals surface area contributed by atoms with Crippen LogP contribution in [0.3, 0.4) is 0 Å². The second-order valence-corrected chi connectivity index (χ2v) is 4.10. The number of hydrogen-bond acceptors (Lipinski definition) is 3. The Morgan fingerprint density at radius 3 is 2.62 bits per heavy atom. The summed E-state index contributed by atoms with van der Waals surface area (Å²) in [5.74, 6) is 1.02. The summed E-state index contributed by atoms with van der Waals surface area (Å²) in [7, 11) is 0. The van der Waals surface area contributed by atoms with Crippen LogP contribution in [0.25, 0.3) is 11.1 Å². The molecule has 0 spiro atoms.